The number of ether oxygens (including phenoxy) is 1. The first kappa shape index (κ1) is 10.7. The van der Waals surface area contributed by atoms with Gasteiger partial charge in [-0.15, -0.1) is 0 Å². The zero-order chi connectivity index (χ0) is 11.5. The molecular weight excluding hydrogens is 276 g/mol. The van der Waals surface area contributed by atoms with Crippen molar-refractivity contribution in [3.63, 3.8) is 0 Å². The molecule has 0 saturated carbocycles. The largest absolute Gasteiger partial charge is 0.511 e. The van der Waals surface area contributed by atoms with Crippen molar-refractivity contribution in [2.75, 3.05) is 0 Å². The Balaban J connectivity index is 2.28. The van der Waals surface area contributed by atoms with Gasteiger partial charge < -0.3 is 9.84 Å². The van der Waals surface area contributed by atoms with Crippen molar-refractivity contribution >= 4 is 22.1 Å². The summed E-state index contributed by atoms with van der Waals surface area (Å²) < 4.78 is 6.92. The number of carbonyl (C=O) groups is 1. The fraction of sp³-hybridized carbons (Fsp3) is 0. The van der Waals surface area contributed by atoms with E-state index in [9.17, 15) is 4.79 Å². The Morgan fingerprint density at radius 1 is 1.50 bits per heavy atom. The highest BCUT2D eigenvalue weighted by Crippen LogP contribution is 2.17. The van der Waals surface area contributed by atoms with Crippen molar-refractivity contribution < 1.29 is 14.6 Å². The second-order valence-electron chi connectivity index (χ2n) is 2.97. The van der Waals surface area contributed by atoms with Crippen molar-refractivity contribution in [1.82, 2.24) is 9.78 Å². The predicted molar refractivity (Wildman–Crippen MR) is 59.9 cm³/mol. The SMILES string of the molecule is O=C(O)Oc1cnn(-c2cccc(Br)c2)c1. The van der Waals surface area contributed by atoms with Gasteiger partial charge in [0.1, 0.15) is 0 Å². The Morgan fingerprint density at radius 2 is 2.31 bits per heavy atom. The minimum atomic E-state index is -1.35. The van der Waals surface area contributed by atoms with Gasteiger partial charge in [-0.3, -0.25) is 0 Å². The van der Waals surface area contributed by atoms with Crippen LogP contribution in [0.1, 0.15) is 0 Å². The number of rotatable bonds is 2. The van der Waals surface area contributed by atoms with E-state index >= 15 is 0 Å². The summed E-state index contributed by atoms with van der Waals surface area (Å²) in [6, 6.07) is 7.46. The molecule has 2 rings (SSSR count). The third-order valence-corrected chi connectivity index (χ3v) is 2.33. The van der Waals surface area contributed by atoms with Crippen LogP contribution in [-0.4, -0.2) is 21.0 Å². The van der Waals surface area contributed by atoms with Gasteiger partial charge in [0.25, 0.3) is 0 Å². The van der Waals surface area contributed by atoms with Crippen molar-refractivity contribution in [3.05, 3.63) is 41.1 Å². The van der Waals surface area contributed by atoms with Crippen LogP contribution in [0.3, 0.4) is 0 Å². The third-order valence-electron chi connectivity index (χ3n) is 1.84. The molecule has 5 nitrogen and oxygen atoms in total. The van der Waals surface area contributed by atoms with Gasteiger partial charge in [-0.25, -0.2) is 9.48 Å². The third kappa shape index (κ3) is 2.40. The highest BCUT2D eigenvalue weighted by molar-refractivity contribution is 9.10. The van der Waals surface area contributed by atoms with E-state index in [4.69, 9.17) is 5.11 Å². The predicted octanol–water partition coefficient (Wildman–Crippen LogP) is 2.69. The van der Waals surface area contributed by atoms with Crippen LogP contribution >= 0.6 is 15.9 Å². The lowest BCUT2D eigenvalue weighted by Gasteiger charge is -2.00. The lowest BCUT2D eigenvalue weighted by atomic mass is 10.3. The van der Waals surface area contributed by atoms with Crippen LogP contribution in [0.15, 0.2) is 41.1 Å². The molecule has 0 amide bonds. The van der Waals surface area contributed by atoms with Gasteiger partial charge in [-0.2, -0.15) is 5.10 Å². The van der Waals surface area contributed by atoms with Crippen molar-refractivity contribution in [2.24, 2.45) is 0 Å². The number of carboxylic acid groups (broad SMARTS) is 1. The summed E-state index contributed by atoms with van der Waals surface area (Å²) in [7, 11) is 0. The molecule has 16 heavy (non-hydrogen) atoms. The number of benzene rings is 1. The molecule has 82 valence electrons. The first-order valence-corrected chi connectivity index (χ1v) is 5.16. The van der Waals surface area contributed by atoms with Gasteiger partial charge in [-0.05, 0) is 18.2 Å². The van der Waals surface area contributed by atoms with E-state index in [2.05, 4.69) is 25.8 Å². The molecule has 0 atom stereocenters. The minimum Gasteiger partial charge on any atom is -0.449 e. The van der Waals surface area contributed by atoms with Gasteiger partial charge in [0.2, 0.25) is 0 Å². The standard InChI is InChI=1S/C10H7BrN2O3/c11-7-2-1-3-8(4-7)13-6-9(5-12-13)16-10(14)15/h1-6H,(H,14,15). The van der Waals surface area contributed by atoms with Crippen LogP contribution in [-0.2, 0) is 0 Å². The molecule has 2 aromatic rings. The second-order valence-corrected chi connectivity index (χ2v) is 3.88. The average Bonchev–Trinajstić information content (AvgIpc) is 2.65. The molecule has 1 aromatic heterocycles. The maximum absolute atomic E-state index is 10.3. The van der Waals surface area contributed by atoms with Gasteiger partial charge in [-0.1, -0.05) is 22.0 Å². The molecule has 1 aromatic carbocycles. The van der Waals surface area contributed by atoms with Gasteiger partial charge >= 0.3 is 6.16 Å². The Morgan fingerprint density at radius 3 is 3.00 bits per heavy atom. The molecule has 0 aliphatic rings. The Bertz CT molecular complexity index is 524. The molecule has 0 aliphatic carbocycles. The summed E-state index contributed by atoms with van der Waals surface area (Å²) in [6.45, 7) is 0. The quantitative estimate of drug-likeness (QED) is 0.860. The lowest BCUT2D eigenvalue weighted by molar-refractivity contribution is 0.144. The number of hydrogen-bond acceptors (Lipinski definition) is 3. The van der Waals surface area contributed by atoms with Crippen molar-refractivity contribution in [3.8, 4) is 11.4 Å². The summed E-state index contributed by atoms with van der Waals surface area (Å²) in [5, 5.41) is 12.4. The van der Waals surface area contributed by atoms with E-state index in [1.54, 1.807) is 0 Å². The smallest absolute Gasteiger partial charge is 0.449 e. The van der Waals surface area contributed by atoms with E-state index in [1.165, 1.54) is 17.1 Å². The normalized spacial score (nSPS) is 10.1. The summed E-state index contributed by atoms with van der Waals surface area (Å²) in [4.78, 5) is 10.3. The highest BCUT2D eigenvalue weighted by atomic mass is 79.9. The van der Waals surface area contributed by atoms with Crippen LogP contribution in [0.5, 0.6) is 5.75 Å². The first-order chi connectivity index (χ1) is 7.65. The Kier molecular flexibility index (Phi) is 2.91. The molecule has 6 heteroatoms. The molecular formula is C10H7BrN2O3. The van der Waals surface area contributed by atoms with E-state index in [0.29, 0.717) is 0 Å². The Labute approximate surface area is 99.4 Å². The molecule has 0 saturated heterocycles. The van der Waals surface area contributed by atoms with Crippen LogP contribution < -0.4 is 4.74 Å². The van der Waals surface area contributed by atoms with Gasteiger partial charge in [0.15, 0.2) is 5.75 Å². The maximum atomic E-state index is 10.3. The van der Waals surface area contributed by atoms with Gasteiger partial charge in [0, 0.05) is 4.47 Å². The fourth-order valence-electron chi connectivity index (χ4n) is 1.22. The van der Waals surface area contributed by atoms with E-state index in [-0.39, 0.29) is 5.75 Å². The van der Waals surface area contributed by atoms with Crippen molar-refractivity contribution in [1.29, 1.82) is 0 Å². The fourth-order valence-corrected chi connectivity index (χ4v) is 1.61. The topological polar surface area (TPSA) is 64.3 Å². The van der Waals surface area contributed by atoms with Gasteiger partial charge in [0.05, 0.1) is 18.1 Å². The van der Waals surface area contributed by atoms with Crippen LogP contribution in [0.4, 0.5) is 4.79 Å². The minimum absolute atomic E-state index is 0.187. The summed E-state index contributed by atoms with van der Waals surface area (Å²) in [5.41, 5.74) is 0.814. The van der Waals surface area contributed by atoms with E-state index in [0.717, 1.165) is 10.2 Å². The summed E-state index contributed by atoms with van der Waals surface area (Å²) in [5.74, 6) is 0.187. The second kappa shape index (κ2) is 4.36. The molecule has 0 unspecified atom stereocenters. The molecule has 0 radical (unpaired) electrons. The van der Waals surface area contributed by atoms with Crippen LogP contribution in [0.25, 0.3) is 5.69 Å². The number of hydrogen-bond donors (Lipinski definition) is 1. The molecule has 1 N–H and O–H groups in total. The zero-order valence-corrected chi connectivity index (χ0v) is 9.59. The number of nitrogens with zero attached hydrogens (tertiary/aromatic N) is 2. The number of halogens is 1. The van der Waals surface area contributed by atoms with Crippen molar-refractivity contribution in [2.45, 2.75) is 0 Å². The zero-order valence-electron chi connectivity index (χ0n) is 8.00. The monoisotopic (exact) mass is 282 g/mol. The first-order valence-electron chi connectivity index (χ1n) is 4.36. The molecule has 0 bridgehead atoms. The Hall–Kier alpha value is -1.82. The van der Waals surface area contributed by atoms with Crippen LogP contribution in [0.2, 0.25) is 0 Å². The molecule has 0 spiro atoms. The molecule has 1 heterocycles. The van der Waals surface area contributed by atoms with E-state index in [1.807, 2.05) is 24.3 Å². The average molecular weight is 283 g/mol. The van der Waals surface area contributed by atoms with Crippen LogP contribution in [0, 0.1) is 0 Å². The lowest BCUT2D eigenvalue weighted by Crippen LogP contribution is -2.01. The molecule has 0 aliphatic heterocycles. The summed E-state index contributed by atoms with van der Waals surface area (Å²) in [6.07, 6.45) is 1.49. The molecule has 0 fully saturated rings. The maximum Gasteiger partial charge on any atom is 0.511 e. The van der Waals surface area contributed by atoms with E-state index < -0.39 is 6.16 Å². The highest BCUT2D eigenvalue weighted by Gasteiger charge is 2.05. The number of aromatic nitrogens is 2. The summed E-state index contributed by atoms with van der Waals surface area (Å²) >= 11 is 3.34.